The first-order valence-corrected chi connectivity index (χ1v) is 4.55. The summed E-state index contributed by atoms with van der Waals surface area (Å²) in [5.41, 5.74) is -0.0154. The number of phenolic OH excluding ortho intramolecular Hbond substituents is 1. The molecular weight excluding hydrogens is 207 g/mol. The van der Waals surface area contributed by atoms with E-state index in [1.165, 1.54) is 12.1 Å². The van der Waals surface area contributed by atoms with Crippen LogP contribution < -0.4 is 0 Å². The van der Waals surface area contributed by atoms with Crippen molar-refractivity contribution in [1.82, 2.24) is 0 Å². The first kappa shape index (κ1) is 11.3. The van der Waals surface area contributed by atoms with Gasteiger partial charge in [0.2, 0.25) is 0 Å². The Morgan fingerprint density at radius 3 is 2.43 bits per heavy atom. The van der Waals surface area contributed by atoms with Gasteiger partial charge in [0.15, 0.2) is 11.6 Å². The number of aliphatic hydroxyl groups is 1. The first-order valence-electron chi connectivity index (χ1n) is 4.18. The molecule has 0 aliphatic carbocycles. The zero-order valence-electron chi connectivity index (χ0n) is 8.01. The quantitative estimate of drug-likeness (QED) is 0.801. The molecule has 0 fully saturated rings. The van der Waals surface area contributed by atoms with Crippen LogP contribution in [0.25, 0.3) is 0 Å². The fourth-order valence-corrected chi connectivity index (χ4v) is 1.26. The summed E-state index contributed by atoms with van der Waals surface area (Å²) in [5.74, 6) is -1.32. The van der Waals surface area contributed by atoms with Crippen LogP contribution in [0.5, 0.6) is 5.75 Å². The van der Waals surface area contributed by atoms with Crippen molar-refractivity contribution < 1.29 is 14.6 Å². The van der Waals surface area contributed by atoms with Crippen LogP contribution in [0.15, 0.2) is 12.1 Å². The largest absolute Gasteiger partial charge is 0.504 e. The summed E-state index contributed by atoms with van der Waals surface area (Å²) in [6.45, 7) is 3.40. The van der Waals surface area contributed by atoms with Crippen LogP contribution in [0.4, 0.5) is 4.39 Å². The Balaban J connectivity index is 3.26. The van der Waals surface area contributed by atoms with E-state index in [9.17, 15) is 4.39 Å². The van der Waals surface area contributed by atoms with Crippen LogP contribution in [0, 0.1) is 5.82 Å². The highest BCUT2D eigenvalue weighted by molar-refractivity contribution is 6.32. The van der Waals surface area contributed by atoms with Gasteiger partial charge in [0.05, 0.1) is 11.6 Å². The molecule has 0 spiro atoms. The predicted molar refractivity (Wildman–Crippen MR) is 53.2 cm³/mol. The van der Waals surface area contributed by atoms with Crippen molar-refractivity contribution in [3.05, 3.63) is 28.5 Å². The van der Waals surface area contributed by atoms with Crippen LogP contribution in [0.3, 0.4) is 0 Å². The highest BCUT2D eigenvalue weighted by Crippen LogP contribution is 2.32. The maximum absolute atomic E-state index is 13.1. The van der Waals surface area contributed by atoms with Crippen molar-refractivity contribution in [1.29, 1.82) is 0 Å². The molecule has 14 heavy (non-hydrogen) atoms. The average Bonchev–Trinajstić information content (AvgIpc) is 2.13. The summed E-state index contributed by atoms with van der Waals surface area (Å²) in [5, 5.41) is 18.1. The van der Waals surface area contributed by atoms with E-state index in [1.54, 1.807) is 13.8 Å². The third-order valence-electron chi connectivity index (χ3n) is 2.19. The van der Waals surface area contributed by atoms with Gasteiger partial charge in [-0.25, -0.2) is 4.39 Å². The molecule has 0 aliphatic heterocycles. The number of aliphatic hydroxyl groups excluding tert-OH is 1. The molecule has 0 unspecified atom stereocenters. The van der Waals surface area contributed by atoms with Gasteiger partial charge in [-0.15, -0.1) is 0 Å². The Bertz CT molecular complexity index is 327. The second kappa shape index (κ2) is 3.75. The third kappa shape index (κ3) is 1.99. The molecule has 2 N–H and O–H groups in total. The van der Waals surface area contributed by atoms with Crippen LogP contribution >= 0.6 is 11.6 Å². The zero-order valence-corrected chi connectivity index (χ0v) is 8.77. The van der Waals surface area contributed by atoms with E-state index in [2.05, 4.69) is 0 Å². The highest BCUT2D eigenvalue weighted by Gasteiger charge is 2.22. The minimum Gasteiger partial charge on any atom is -0.504 e. The molecule has 78 valence electrons. The molecule has 2 nitrogen and oxygen atoms in total. The smallest absolute Gasteiger partial charge is 0.170 e. The van der Waals surface area contributed by atoms with Gasteiger partial charge < -0.3 is 10.2 Å². The van der Waals surface area contributed by atoms with Gasteiger partial charge in [0, 0.05) is 5.41 Å². The average molecular weight is 219 g/mol. The van der Waals surface area contributed by atoms with E-state index in [-0.39, 0.29) is 11.6 Å². The third-order valence-corrected chi connectivity index (χ3v) is 2.48. The molecule has 1 aromatic carbocycles. The van der Waals surface area contributed by atoms with Crippen LogP contribution in [0.2, 0.25) is 5.02 Å². The lowest BCUT2D eigenvalue weighted by Crippen LogP contribution is -2.22. The summed E-state index contributed by atoms with van der Waals surface area (Å²) >= 11 is 5.61. The van der Waals surface area contributed by atoms with Gasteiger partial charge in [0.1, 0.15) is 0 Å². The van der Waals surface area contributed by atoms with E-state index in [1.807, 2.05) is 0 Å². The Morgan fingerprint density at radius 1 is 1.43 bits per heavy atom. The number of benzene rings is 1. The van der Waals surface area contributed by atoms with Crippen LogP contribution in [-0.4, -0.2) is 16.8 Å². The van der Waals surface area contributed by atoms with E-state index in [0.717, 1.165) is 0 Å². The van der Waals surface area contributed by atoms with E-state index < -0.39 is 17.0 Å². The van der Waals surface area contributed by atoms with Crippen molar-refractivity contribution >= 4 is 11.6 Å². The monoisotopic (exact) mass is 218 g/mol. The van der Waals surface area contributed by atoms with Crippen molar-refractivity contribution in [2.24, 2.45) is 0 Å². The van der Waals surface area contributed by atoms with Crippen molar-refractivity contribution in [3.8, 4) is 5.75 Å². The zero-order chi connectivity index (χ0) is 10.9. The number of phenols is 1. The molecule has 0 saturated heterocycles. The number of halogens is 2. The van der Waals surface area contributed by atoms with E-state index in [4.69, 9.17) is 21.8 Å². The highest BCUT2D eigenvalue weighted by atomic mass is 35.5. The lowest BCUT2D eigenvalue weighted by Gasteiger charge is -2.22. The van der Waals surface area contributed by atoms with Gasteiger partial charge in [-0.1, -0.05) is 25.4 Å². The molecule has 1 rings (SSSR count). The normalized spacial score (nSPS) is 11.8. The van der Waals surface area contributed by atoms with Crippen molar-refractivity contribution in [2.75, 3.05) is 6.61 Å². The minimum absolute atomic E-state index is 0.0403. The maximum atomic E-state index is 13.1. The number of hydrogen-bond acceptors (Lipinski definition) is 2. The number of hydrogen-bond donors (Lipinski definition) is 2. The predicted octanol–water partition coefficient (Wildman–Crippen LogP) is 2.45. The minimum atomic E-state index is -0.769. The second-order valence-corrected chi connectivity index (χ2v) is 4.24. The SMILES string of the molecule is CC(C)(CO)c1cc(F)c(O)c(Cl)c1. The maximum Gasteiger partial charge on any atom is 0.170 e. The van der Waals surface area contributed by atoms with Crippen LogP contribution in [-0.2, 0) is 5.41 Å². The lowest BCUT2D eigenvalue weighted by atomic mass is 9.85. The molecule has 0 heterocycles. The standard InChI is InChI=1S/C10H12ClFO2/c1-10(2,5-13)6-3-7(11)9(14)8(12)4-6/h3-4,13-14H,5H2,1-2H3. The van der Waals surface area contributed by atoms with Crippen LogP contribution in [0.1, 0.15) is 19.4 Å². The van der Waals surface area contributed by atoms with Crippen molar-refractivity contribution in [2.45, 2.75) is 19.3 Å². The molecule has 1 aromatic rings. The topological polar surface area (TPSA) is 40.5 Å². The molecule has 0 bridgehead atoms. The molecule has 0 aromatic heterocycles. The van der Waals surface area contributed by atoms with Gasteiger partial charge in [-0.3, -0.25) is 0 Å². The molecule has 0 aliphatic rings. The van der Waals surface area contributed by atoms with Gasteiger partial charge >= 0.3 is 0 Å². The number of aromatic hydroxyl groups is 1. The molecule has 4 heteroatoms. The van der Waals surface area contributed by atoms with Gasteiger partial charge in [0.25, 0.3) is 0 Å². The molecule has 0 atom stereocenters. The van der Waals surface area contributed by atoms with Crippen molar-refractivity contribution in [3.63, 3.8) is 0 Å². The number of rotatable bonds is 2. The Hall–Kier alpha value is -0.800. The molecular formula is C10H12ClFO2. The second-order valence-electron chi connectivity index (χ2n) is 3.83. The fourth-order valence-electron chi connectivity index (χ4n) is 1.05. The summed E-state index contributed by atoms with van der Waals surface area (Å²) in [6.07, 6.45) is 0. The lowest BCUT2D eigenvalue weighted by molar-refractivity contribution is 0.218. The summed E-state index contributed by atoms with van der Waals surface area (Å²) < 4.78 is 13.1. The van der Waals surface area contributed by atoms with Gasteiger partial charge in [-0.2, -0.15) is 0 Å². The van der Waals surface area contributed by atoms with Gasteiger partial charge in [-0.05, 0) is 17.7 Å². The molecule has 0 saturated carbocycles. The van der Waals surface area contributed by atoms with E-state index >= 15 is 0 Å². The Morgan fingerprint density at radius 2 is 2.00 bits per heavy atom. The van der Waals surface area contributed by atoms with E-state index in [0.29, 0.717) is 5.56 Å². The molecule has 0 amide bonds. The molecule has 0 radical (unpaired) electrons. The Labute approximate surface area is 86.9 Å². The summed E-state index contributed by atoms with van der Waals surface area (Å²) in [4.78, 5) is 0. The summed E-state index contributed by atoms with van der Waals surface area (Å²) in [6, 6.07) is 2.63. The Kier molecular flexibility index (Phi) is 3.02. The summed E-state index contributed by atoms with van der Waals surface area (Å²) in [7, 11) is 0. The first-order chi connectivity index (χ1) is 6.38. The fraction of sp³-hybridized carbons (Fsp3) is 0.400.